The lowest BCUT2D eigenvalue weighted by atomic mass is 9.77. The normalized spacial score (nSPS) is 17.6. The second-order valence-electron chi connectivity index (χ2n) is 8.89. The van der Waals surface area contributed by atoms with Crippen LogP contribution in [0, 0.1) is 5.41 Å². The molecule has 2 amide bonds. The molecular formula is C28H30N2O3. The van der Waals surface area contributed by atoms with E-state index in [4.69, 9.17) is 4.74 Å². The number of likely N-dealkylation sites (tertiary alicyclic amines) is 1. The maximum absolute atomic E-state index is 13.5. The van der Waals surface area contributed by atoms with Gasteiger partial charge in [0.15, 0.2) is 0 Å². The molecule has 1 saturated heterocycles. The lowest BCUT2D eigenvalue weighted by Gasteiger charge is -2.32. The number of amides is 2. The average Bonchev–Trinajstić information content (AvgIpc) is 3.29. The number of hydrogen-bond donors (Lipinski definition) is 0. The van der Waals surface area contributed by atoms with Gasteiger partial charge in [-0.05, 0) is 47.7 Å². The van der Waals surface area contributed by atoms with Crippen LogP contribution in [0.15, 0.2) is 78.9 Å². The Kier molecular flexibility index (Phi) is 6.50. The van der Waals surface area contributed by atoms with Crippen LogP contribution in [0.5, 0.6) is 5.75 Å². The monoisotopic (exact) mass is 442 g/mol. The maximum atomic E-state index is 13.5. The number of hydrogen-bond acceptors (Lipinski definition) is 3. The third kappa shape index (κ3) is 4.63. The van der Waals surface area contributed by atoms with Gasteiger partial charge in [0.25, 0.3) is 5.91 Å². The van der Waals surface area contributed by atoms with Crippen molar-refractivity contribution >= 4 is 11.8 Å². The van der Waals surface area contributed by atoms with Crippen LogP contribution in [0.1, 0.15) is 22.3 Å². The summed E-state index contributed by atoms with van der Waals surface area (Å²) in [6.45, 7) is 0.937. The summed E-state index contributed by atoms with van der Waals surface area (Å²) in [5, 5.41) is 0. The van der Waals surface area contributed by atoms with Crippen molar-refractivity contribution in [2.75, 3.05) is 34.3 Å². The predicted molar refractivity (Wildman–Crippen MR) is 130 cm³/mol. The fourth-order valence-corrected chi connectivity index (χ4v) is 4.79. The number of carbonyl (C=O) groups excluding carboxylic acids is 2. The molecule has 1 heterocycles. The van der Waals surface area contributed by atoms with Gasteiger partial charge in [0.05, 0.1) is 12.5 Å². The molecule has 0 radical (unpaired) electrons. The zero-order chi connectivity index (χ0) is 23.4. The summed E-state index contributed by atoms with van der Waals surface area (Å²) in [5.74, 6) is 0.637. The van der Waals surface area contributed by atoms with E-state index in [0.29, 0.717) is 37.2 Å². The molecule has 33 heavy (non-hydrogen) atoms. The van der Waals surface area contributed by atoms with Crippen LogP contribution in [0.2, 0.25) is 0 Å². The molecule has 0 saturated carbocycles. The summed E-state index contributed by atoms with van der Waals surface area (Å²) in [6.07, 6.45) is 1.21. The zero-order valence-electron chi connectivity index (χ0n) is 19.5. The number of nitrogens with zero attached hydrogens (tertiary/aromatic N) is 2. The topological polar surface area (TPSA) is 49.9 Å². The lowest BCUT2D eigenvalue weighted by Crippen LogP contribution is -2.44. The van der Waals surface area contributed by atoms with Crippen molar-refractivity contribution in [3.63, 3.8) is 0 Å². The first-order chi connectivity index (χ1) is 15.9. The summed E-state index contributed by atoms with van der Waals surface area (Å²) in [7, 11) is 5.17. The van der Waals surface area contributed by atoms with E-state index in [0.717, 1.165) is 16.7 Å². The Labute approximate surface area is 195 Å². The van der Waals surface area contributed by atoms with E-state index in [9.17, 15) is 9.59 Å². The molecule has 1 fully saturated rings. The third-order valence-electron chi connectivity index (χ3n) is 6.45. The van der Waals surface area contributed by atoms with Crippen LogP contribution in [0.3, 0.4) is 0 Å². The standard InChI is InChI=1S/C28H30N2O3/c1-29(2)27(32)28(19-23-12-7-8-15-25(23)21-10-5-4-6-11-21)16-17-30(20-28)26(31)22-13-9-14-24(18-22)33-3/h4-15,18H,16-17,19-20H2,1-3H3. The number of rotatable bonds is 6. The van der Waals surface area contributed by atoms with Crippen molar-refractivity contribution in [3.8, 4) is 16.9 Å². The Morgan fingerprint density at radius 1 is 0.970 bits per heavy atom. The van der Waals surface area contributed by atoms with Gasteiger partial charge in [0.2, 0.25) is 5.91 Å². The zero-order valence-corrected chi connectivity index (χ0v) is 19.5. The van der Waals surface area contributed by atoms with Gasteiger partial charge < -0.3 is 14.5 Å². The molecule has 0 N–H and O–H groups in total. The van der Waals surface area contributed by atoms with Crippen molar-refractivity contribution in [2.45, 2.75) is 12.8 Å². The van der Waals surface area contributed by atoms with Crippen LogP contribution in [-0.2, 0) is 11.2 Å². The molecule has 3 aromatic rings. The van der Waals surface area contributed by atoms with Crippen LogP contribution in [0.25, 0.3) is 11.1 Å². The van der Waals surface area contributed by atoms with Gasteiger partial charge in [0, 0.05) is 32.7 Å². The van der Waals surface area contributed by atoms with Gasteiger partial charge in [0.1, 0.15) is 5.75 Å². The Hall–Kier alpha value is -3.60. The van der Waals surface area contributed by atoms with Crippen LogP contribution in [0.4, 0.5) is 0 Å². The van der Waals surface area contributed by atoms with E-state index in [1.165, 1.54) is 0 Å². The number of benzene rings is 3. The number of carbonyl (C=O) groups is 2. The van der Waals surface area contributed by atoms with Crippen LogP contribution >= 0.6 is 0 Å². The maximum Gasteiger partial charge on any atom is 0.254 e. The Morgan fingerprint density at radius 3 is 2.42 bits per heavy atom. The largest absolute Gasteiger partial charge is 0.497 e. The van der Waals surface area contributed by atoms with Crippen molar-refractivity contribution in [3.05, 3.63) is 90.0 Å². The second kappa shape index (κ2) is 9.49. The highest BCUT2D eigenvalue weighted by Crippen LogP contribution is 2.39. The van der Waals surface area contributed by atoms with Crippen LogP contribution in [-0.4, -0.2) is 55.9 Å². The molecule has 170 valence electrons. The molecule has 4 rings (SSSR count). The summed E-state index contributed by atoms with van der Waals surface area (Å²) in [5.41, 5.74) is 3.29. The predicted octanol–water partition coefficient (Wildman–Crippen LogP) is 4.53. The molecule has 0 bridgehead atoms. The number of ether oxygens (including phenoxy) is 1. The van der Waals surface area contributed by atoms with Gasteiger partial charge in [-0.1, -0.05) is 60.7 Å². The van der Waals surface area contributed by atoms with E-state index >= 15 is 0 Å². The average molecular weight is 443 g/mol. The molecule has 1 aliphatic rings. The summed E-state index contributed by atoms with van der Waals surface area (Å²) in [4.78, 5) is 30.2. The first-order valence-electron chi connectivity index (χ1n) is 11.2. The number of methoxy groups -OCH3 is 1. The Balaban J connectivity index is 1.66. The minimum atomic E-state index is -0.664. The molecule has 1 atom stereocenters. The van der Waals surface area contributed by atoms with Gasteiger partial charge in [-0.25, -0.2) is 0 Å². The Morgan fingerprint density at radius 2 is 1.70 bits per heavy atom. The van der Waals surface area contributed by atoms with Crippen molar-refractivity contribution in [1.29, 1.82) is 0 Å². The van der Waals surface area contributed by atoms with Crippen molar-refractivity contribution in [1.82, 2.24) is 9.80 Å². The molecule has 3 aromatic carbocycles. The van der Waals surface area contributed by atoms with E-state index in [1.807, 2.05) is 42.5 Å². The van der Waals surface area contributed by atoms with Gasteiger partial charge >= 0.3 is 0 Å². The lowest BCUT2D eigenvalue weighted by molar-refractivity contribution is -0.138. The van der Waals surface area contributed by atoms with Crippen molar-refractivity contribution in [2.24, 2.45) is 5.41 Å². The van der Waals surface area contributed by atoms with Gasteiger partial charge in [-0.3, -0.25) is 9.59 Å². The summed E-state index contributed by atoms with van der Waals surface area (Å²) >= 11 is 0. The highest BCUT2D eigenvalue weighted by Gasteiger charge is 2.47. The molecular weight excluding hydrogens is 412 g/mol. The smallest absolute Gasteiger partial charge is 0.254 e. The van der Waals surface area contributed by atoms with Gasteiger partial charge in [-0.15, -0.1) is 0 Å². The SMILES string of the molecule is COc1cccc(C(=O)N2CCC(Cc3ccccc3-c3ccccc3)(C(=O)N(C)C)C2)c1. The molecule has 0 aromatic heterocycles. The molecule has 0 aliphatic carbocycles. The second-order valence-corrected chi connectivity index (χ2v) is 8.89. The minimum absolute atomic E-state index is 0.0614. The Bertz CT molecular complexity index is 1140. The third-order valence-corrected chi connectivity index (χ3v) is 6.45. The summed E-state index contributed by atoms with van der Waals surface area (Å²) in [6, 6.07) is 25.7. The van der Waals surface area contributed by atoms with E-state index in [-0.39, 0.29) is 11.8 Å². The first kappa shape index (κ1) is 22.6. The van der Waals surface area contributed by atoms with E-state index < -0.39 is 5.41 Å². The highest BCUT2D eigenvalue weighted by molar-refractivity contribution is 5.96. The molecule has 5 nitrogen and oxygen atoms in total. The molecule has 0 spiro atoms. The molecule has 1 aliphatic heterocycles. The fourth-order valence-electron chi connectivity index (χ4n) is 4.79. The van der Waals surface area contributed by atoms with E-state index in [2.05, 4.69) is 24.3 Å². The minimum Gasteiger partial charge on any atom is -0.497 e. The van der Waals surface area contributed by atoms with Gasteiger partial charge in [-0.2, -0.15) is 0 Å². The molecule has 5 heteroatoms. The van der Waals surface area contributed by atoms with E-state index in [1.54, 1.807) is 43.1 Å². The fraction of sp³-hybridized carbons (Fsp3) is 0.286. The highest BCUT2D eigenvalue weighted by atomic mass is 16.5. The first-order valence-corrected chi connectivity index (χ1v) is 11.2. The quantitative estimate of drug-likeness (QED) is 0.564. The van der Waals surface area contributed by atoms with Crippen LogP contribution < -0.4 is 4.74 Å². The molecule has 1 unspecified atom stereocenters. The summed E-state index contributed by atoms with van der Waals surface area (Å²) < 4.78 is 5.28. The van der Waals surface area contributed by atoms with Crippen molar-refractivity contribution < 1.29 is 14.3 Å².